The molecule has 0 spiro atoms. The van der Waals surface area contributed by atoms with Gasteiger partial charge in [0.25, 0.3) is 0 Å². The zero-order valence-electron chi connectivity index (χ0n) is 10.4. The van der Waals surface area contributed by atoms with Crippen molar-refractivity contribution in [2.24, 2.45) is 0 Å². The van der Waals surface area contributed by atoms with Crippen LogP contribution in [0.4, 0.5) is 4.79 Å². The van der Waals surface area contributed by atoms with Gasteiger partial charge in [0, 0.05) is 12.0 Å². The number of ether oxygens (including phenoxy) is 2. The minimum atomic E-state index is -0.660. The number of carbonyl (C=O) groups is 1. The maximum atomic E-state index is 11.6. The Balaban J connectivity index is 2.07. The third kappa shape index (κ3) is 1.66. The van der Waals surface area contributed by atoms with Crippen LogP contribution in [0.25, 0.3) is 0 Å². The SMILES string of the molecule is CCOc1cccc2c1OC1(C)CC2NC(=O)N1. The Hall–Kier alpha value is -1.91. The van der Waals surface area contributed by atoms with Crippen molar-refractivity contribution in [1.82, 2.24) is 10.6 Å². The van der Waals surface area contributed by atoms with Gasteiger partial charge in [0.1, 0.15) is 0 Å². The monoisotopic (exact) mass is 248 g/mol. The molecule has 2 aliphatic rings. The third-order valence-corrected chi connectivity index (χ3v) is 3.29. The first kappa shape index (κ1) is 11.2. The number of fused-ring (bicyclic) bond motifs is 4. The predicted molar refractivity (Wildman–Crippen MR) is 65.7 cm³/mol. The number of carbonyl (C=O) groups excluding carboxylic acids is 1. The average molecular weight is 248 g/mol. The van der Waals surface area contributed by atoms with E-state index in [0.717, 1.165) is 17.1 Å². The molecule has 2 atom stereocenters. The second-order valence-electron chi connectivity index (χ2n) is 4.80. The molecule has 1 aromatic carbocycles. The highest BCUT2D eigenvalue weighted by Crippen LogP contribution is 2.45. The number of hydrogen-bond donors (Lipinski definition) is 2. The second-order valence-corrected chi connectivity index (χ2v) is 4.80. The van der Waals surface area contributed by atoms with Gasteiger partial charge in [-0.1, -0.05) is 12.1 Å². The normalized spacial score (nSPS) is 28.6. The highest BCUT2D eigenvalue weighted by molar-refractivity contribution is 5.77. The van der Waals surface area contributed by atoms with E-state index in [9.17, 15) is 4.79 Å². The first-order chi connectivity index (χ1) is 8.61. The van der Waals surface area contributed by atoms with Gasteiger partial charge in [-0.3, -0.25) is 0 Å². The third-order valence-electron chi connectivity index (χ3n) is 3.29. The van der Waals surface area contributed by atoms with Crippen LogP contribution in [0.1, 0.15) is 31.9 Å². The molecule has 0 radical (unpaired) electrons. The van der Waals surface area contributed by atoms with Crippen LogP contribution in [0.2, 0.25) is 0 Å². The molecule has 1 fully saturated rings. The Morgan fingerprint density at radius 3 is 3.17 bits per heavy atom. The zero-order chi connectivity index (χ0) is 12.8. The van der Waals surface area contributed by atoms with Crippen LogP contribution in [0, 0.1) is 0 Å². The Morgan fingerprint density at radius 2 is 2.39 bits per heavy atom. The van der Waals surface area contributed by atoms with E-state index in [0.29, 0.717) is 13.0 Å². The molecular weight excluding hydrogens is 232 g/mol. The van der Waals surface area contributed by atoms with Crippen molar-refractivity contribution in [2.45, 2.75) is 32.0 Å². The maximum Gasteiger partial charge on any atom is 0.318 e. The van der Waals surface area contributed by atoms with E-state index in [1.807, 2.05) is 32.0 Å². The van der Waals surface area contributed by atoms with Crippen LogP contribution in [-0.2, 0) is 0 Å². The number of amides is 2. The molecule has 96 valence electrons. The van der Waals surface area contributed by atoms with Gasteiger partial charge in [-0.05, 0) is 19.9 Å². The number of urea groups is 1. The van der Waals surface area contributed by atoms with E-state index < -0.39 is 5.72 Å². The van der Waals surface area contributed by atoms with Crippen LogP contribution in [0.15, 0.2) is 18.2 Å². The Kier molecular flexibility index (Phi) is 2.36. The minimum absolute atomic E-state index is 0.0205. The van der Waals surface area contributed by atoms with E-state index >= 15 is 0 Å². The summed E-state index contributed by atoms with van der Waals surface area (Å²) in [6, 6.07) is 5.56. The topological polar surface area (TPSA) is 59.6 Å². The van der Waals surface area contributed by atoms with Crippen LogP contribution < -0.4 is 20.1 Å². The van der Waals surface area contributed by atoms with Gasteiger partial charge in [0.2, 0.25) is 0 Å². The fourth-order valence-electron chi connectivity index (χ4n) is 2.59. The molecule has 2 N–H and O–H groups in total. The molecule has 2 bridgehead atoms. The highest BCUT2D eigenvalue weighted by atomic mass is 16.5. The molecule has 2 unspecified atom stereocenters. The summed E-state index contributed by atoms with van der Waals surface area (Å²) >= 11 is 0. The molecule has 1 saturated heterocycles. The van der Waals surface area contributed by atoms with Crippen LogP contribution >= 0.6 is 0 Å². The lowest BCUT2D eigenvalue weighted by Gasteiger charge is -2.44. The van der Waals surface area contributed by atoms with Crippen molar-refractivity contribution in [2.75, 3.05) is 6.61 Å². The molecule has 3 rings (SSSR count). The minimum Gasteiger partial charge on any atom is -0.490 e. The van der Waals surface area contributed by atoms with E-state index in [2.05, 4.69) is 10.6 Å². The van der Waals surface area contributed by atoms with Crippen molar-refractivity contribution in [1.29, 1.82) is 0 Å². The Labute approximate surface area is 105 Å². The summed E-state index contributed by atoms with van der Waals surface area (Å²) in [6.07, 6.45) is 0.710. The summed E-state index contributed by atoms with van der Waals surface area (Å²) < 4.78 is 11.5. The van der Waals surface area contributed by atoms with Gasteiger partial charge in [0.05, 0.1) is 12.6 Å². The molecule has 1 aromatic rings. The first-order valence-electron chi connectivity index (χ1n) is 6.15. The predicted octanol–water partition coefficient (Wildman–Crippen LogP) is 1.94. The Morgan fingerprint density at radius 1 is 1.56 bits per heavy atom. The molecule has 5 heteroatoms. The lowest BCUT2D eigenvalue weighted by atomic mass is 9.91. The molecular formula is C13H16N2O3. The van der Waals surface area contributed by atoms with Crippen molar-refractivity contribution >= 4 is 6.03 Å². The molecule has 2 heterocycles. The van der Waals surface area contributed by atoms with Gasteiger partial charge in [-0.25, -0.2) is 4.79 Å². The van der Waals surface area contributed by atoms with Gasteiger partial charge in [-0.15, -0.1) is 0 Å². The van der Waals surface area contributed by atoms with Gasteiger partial charge in [-0.2, -0.15) is 0 Å². The quantitative estimate of drug-likeness (QED) is 0.840. The molecule has 0 saturated carbocycles. The van der Waals surface area contributed by atoms with Crippen molar-refractivity contribution in [3.63, 3.8) is 0 Å². The van der Waals surface area contributed by atoms with Crippen LogP contribution in [0.3, 0.4) is 0 Å². The van der Waals surface area contributed by atoms with Crippen molar-refractivity contribution in [3.05, 3.63) is 23.8 Å². The van der Waals surface area contributed by atoms with E-state index in [-0.39, 0.29) is 12.1 Å². The first-order valence-corrected chi connectivity index (χ1v) is 6.15. The molecule has 2 amide bonds. The highest BCUT2D eigenvalue weighted by Gasteiger charge is 2.44. The van der Waals surface area contributed by atoms with Crippen molar-refractivity contribution in [3.8, 4) is 11.5 Å². The summed E-state index contributed by atoms with van der Waals surface area (Å²) in [4.78, 5) is 11.6. The van der Waals surface area contributed by atoms with Gasteiger partial charge >= 0.3 is 6.03 Å². The zero-order valence-corrected chi connectivity index (χ0v) is 10.4. The van der Waals surface area contributed by atoms with E-state index in [1.54, 1.807) is 0 Å². The fourth-order valence-corrected chi connectivity index (χ4v) is 2.59. The van der Waals surface area contributed by atoms with Crippen molar-refractivity contribution < 1.29 is 14.3 Å². The van der Waals surface area contributed by atoms with Crippen LogP contribution in [-0.4, -0.2) is 18.4 Å². The maximum absolute atomic E-state index is 11.6. The summed E-state index contributed by atoms with van der Waals surface area (Å²) in [5, 5.41) is 5.72. The number of hydrogen-bond acceptors (Lipinski definition) is 3. The smallest absolute Gasteiger partial charge is 0.318 e. The lowest BCUT2D eigenvalue weighted by molar-refractivity contribution is 0.00893. The summed E-state index contributed by atoms with van der Waals surface area (Å²) in [5.41, 5.74) is 0.320. The summed E-state index contributed by atoms with van der Waals surface area (Å²) in [7, 11) is 0. The number of nitrogens with one attached hydrogen (secondary N) is 2. The summed E-state index contributed by atoms with van der Waals surface area (Å²) in [5.74, 6) is 1.45. The van der Waals surface area contributed by atoms with Crippen LogP contribution in [0.5, 0.6) is 11.5 Å². The Bertz CT molecular complexity index is 503. The molecule has 5 nitrogen and oxygen atoms in total. The van der Waals surface area contributed by atoms with E-state index in [4.69, 9.17) is 9.47 Å². The molecule has 0 aromatic heterocycles. The lowest BCUT2D eigenvalue weighted by Crippen LogP contribution is -2.62. The van der Waals surface area contributed by atoms with E-state index in [1.165, 1.54) is 0 Å². The fraction of sp³-hybridized carbons (Fsp3) is 0.462. The van der Waals surface area contributed by atoms with Gasteiger partial charge in [0.15, 0.2) is 17.2 Å². The number of benzene rings is 1. The number of para-hydroxylation sites is 1. The number of rotatable bonds is 2. The summed E-state index contributed by atoms with van der Waals surface area (Å²) in [6.45, 7) is 4.40. The average Bonchev–Trinajstić information content (AvgIpc) is 2.29. The van der Waals surface area contributed by atoms with Gasteiger partial charge < -0.3 is 20.1 Å². The molecule has 0 aliphatic carbocycles. The largest absolute Gasteiger partial charge is 0.490 e. The molecule has 2 aliphatic heterocycles. The standard InChI is InChI=1S/C13H16N2O3/c1-3-17-10-6-4-5-8-9-7-13(2,18-11(8)10)15-12(16)14-9/h4-6,9H,3,7H2,1-2H3,(H2,14,15,16). The second kappa shape index (κ2) is 3.80. The molecule has 18 heavy (non-hydrogen) atoms.